The maximum atomic E-state index is 12.1. The van der Waals surface area contributed by atoms with Crippen LogP contribution in [0.25, 0.3) is 0 Å². The molecular weight excluding hydrogens is 293 g/mol. The SMILES string of the molecule is CC(C)(C)C(CCO)NC(=O)c1cc(Cl)sc1Cl. The summed E-state index contributed by atoms with van der Waals surface area (Å²) in [5.41, 5.74) is 0.254. The Bertz CT molecular complexity index is 426. The third-order valence-corrected chi connectivity index (χ3v) is 4.16. The van der Waals surface area contributed by atoms with Gasteiger partial charge in [0.2, 0.25) is 0 Å². The molecule has 0 aliphatic heterocycles. The number of hydrogen-bond donors (Lipinski definition) is 2. The lowest BCUT2D eigenvalue weighted by Crippen LogP contribution is -2.44. The van der Waals surface area contributed by atoms with Gasteiger partial charge in [-0.2, -0.15) is 0 Å². The molecule has 18 heavy (non-hydrogen) atoms. The fraction of sp³-hybridized carbons (Fsp3) is 0.583. The minimum atomic E-state index is -0.253. The summed E-state index contributed by atoms with van der Waals surface area (Å²) in [6.45, 7) is 6.06. The molecule has 0 aliphatic carbocycles. The smallest absolute Gasteiger partial charge is 0.253 e. The summed E-state index contributed by atoms with van der Waals surface area (Å²) in [6, 6.07) is 1.44. The average molecular weight is 310 g/mol. The first kappa shape index (κ1) is 15.8. The summed E-state index contributed by atoms with van der Waals surface area (Å²) >= 11 is 12.9. The molecule has 1 atom stereocenters. The van der Waals surface area contributed by atoms with Crippen LogP contribution in [-0.4, -0.2) is 23.7 Å². The Morgan fingerprint density at radius 1 is 1.50 bits per heavy atom. The standard InChI is InChI=1S/C12H17Cl2NO2S/c1-12(2,3)8(4-5-16)15-11(17)7-6-9(13)18-10(7)14/h6,8,16H,4-5H2,1-3H3,(H,15,17). The van der Waals surface area contributed by atoms with Gasteiger partial charge in [0.25, 0.3) is 5.91 Å². The van der Waals surface area contributed by atoms with Gasteiger partial charge in [0, 0.05) is 12.6 Å². The van der Waals surface area contributed by atoms with E-state index in [0.29, 0.717) is 20.7 Å². The molecule has 1 aromatic heterocycles. The van der Waals surface area contributed by atoms with Gasteiger partial charge in [-0.05, 0) is 17.9 Å². The van der Waals surface area contributed by atoms with E-state index in [-0.39, 0.29) is 24.0 Å². The van der Waals surface area contributed by atoms with Crippen LogP contribution in [-0.2, 0) is 0 Å². The van der Waals surface area contributed by atoms with Crippen molar-refractivity contribution in [2.24, 2.45) is 5.41 Å². The molecular formula is C12H17Cl2NO2S. The molecule has 2 N–H and O–H groups in total. The third kappa shape index (κ3) is 4.12. The van der Waals surface area contributed by atoms with Crippen molar-refractivity contribution in [3.63, 3.8) is 0 Å². The fourth-order valence-electron chi connectivity index (χ4n) is 1.58. The lowest BCUT2D eigenvalue weighted by Gasteiger charge is -2.31. The van der Waals surface area contributed by atoms with Gasteiger partial charge >= 0.3 is 0 Å². The van der Waals surface area contributed by atoms with Crippen LogP contribution in [0.1, 0.15) is 37.6 Å². The molecule has 1 aromatic rings. The van der Waals surface area contributed by atoms with Crippen molar-refractivity contribution in [2.75, 3.05) is 6.61 Å². The van der Waals surface area contributed by atoms with E-state index in [0.717, 1.165) is 0 Å². The van der Waals surface area contributed by atoms with Crippen LogP contribution in [0.4, 0.5) is 0 Å². The Balaban J connectivity index is 2.82. The lowest BCUT2D eigenvalue weighted by molar-refractivity contribution is 0.0886. The molecule has 3 nitrogen and oxygen atoms in total. The second-order valence-electron chi connectivity index (χ2n) is 5.14. The van der Waals surface area contributed by atoms with E-state index in [9.17, 15) is 4.79 Å². The molecule has 102 valence electrons. The number of halogens is 2. The number of aliphatic hydroxyl groups excluding tert-OH is 1. The van der Waals surface area contributed by atoms with Crippen LogP contribution in [0.15, 0.2) is 6.07 Å². The van der Waals surface area contributed by atoms with E-state index < -0.39 is 0 Å². The van der Waals surface area contributed by atoms with Gasteiger partial charge in [-0.15, -0.1) is 11.3 Å². The number of aliphatic hydroxyl groups is 1. The van der Waals surface area contributed by atoms with Crippen LogP contribution >= 0.6 is 34.5 Å². The molecule has 0 fully saturated rings. The molecule has 0 radical (unpaired) electrons. The van der Waals surface area contributed by atoms with Crippen molar-refractivity contribution in [1.29, 1.82) is 0 Å². The van der Waals surface area contributed by atoms with E-state index in [4.69, 9.17) is 28.3 Å². The molecule has 1 amide bonds. The summed E-state index contributed by atoms with van der Waals surface area (Å²) < 4.78 is 0.869. The van der Waals surface area contributed by atoms with Crippen LogP contribution in [0.5, 0.6) is 0 Å². The molecule has 0 saturated heterocycles. The van der Waals surface area contributed by atoms with E-state index in [1.165, 1.54) is 11.3 Å². The highest BCUT2D eigenvalue weighted by Crippen LogP contribution is 2.31. The van der Waals surface area contributed by atoms with E-state index in [1.807, 2.05) is 20.8 Å². The number of amides is 1. The first-order valence-electron chi connectivity index (χ1n) is 5.62. The second-order valence-corrected chi connectivity index (χ2v) is 7.43. The van der Waals surface area contributed by atoms with Crippen molar-refractivity contribution in [3.8, 4) is 0 Å². The summed E-state index contributed by atoms with van der Waals surface area (Å²) in [4.78, 5) is 12.1. The number of carbonyl (C=O) groups is 1. The van der Waals surface area contributed by atoms with Gasteiger partial charge < -0.3 is 10.4 Å². The van der Waals surface area contributed by atoms with E-state index in [1.54, 1.807) is 6.07 Å². The predicted molar refractivity (Wildman–Crippen MR) is 76.8 cm³/mol. The largest absolute Gasteiger partial charge is 0.396 e. The van der Waals surface area contributed by atoms with E-state index in [2.05, 4.69) is 5.32 Å². The Labute approximate surface area is 121 Å². The number of thiophene rings is 1. The van der Waals surface area contributed by atoms with Gasteiger partial charge in [0.15, 0.2) is 0 Å². The second kappa shape index (κ2) is 6.24. The average Bonchev–Trinajstić information content (AvgIpc) is 2.55. The highest BCUT2D eigenvalue weighted by Gasteiger charge is 2.27. The number of rotatable bonds is 4. The molecule has 0 aromatic carbocycles. The van der Waals surface area contributed by atoms with E-state index >= 15 is 0 Å². The zero-order chi connectivity index (χ0) is 13.9. The highest BCUT2D eigenvalue weighted by molar-refractivity contribution is 7.20. The fourth-order valence-corrected chi connectivity index (χ4v) is 3.04. The van der Waals surface area contributed by atoms with Gasteiger partial charge in [0.1, 0.15) is 4.34 Å². The monoisotopic (exact) mass is 309 g/mol. The molecule has 0 aliphatic rings. The summed E-state index contributed by atoms with van der Waals surface area (Å²) in [7, 11) is 0. The summed E-state index contributed by atoms with van der Waals surface area (Å²) in [5, 5.41) is 11.9. The first-order valence-corrected chi connectivity index (χ1v) is 7.19. The Hall–Kier alpha value is -0.290. The highest BCUT2D eigenvalue weighted by atomic mass is 35.5. The zero-order valence-electron chi connectivity index (χ0n) is 10.6. The minimum absolute atomic E-state index is 0.0281. The molecule has 0 bridgehead atoms. The van der Waals surface area contributed by atoms with Crippen molar-refractivity contribution < 1.29 is 9.90 Å². The lowest BCUT2D eigenvalue weighted by atomic mass is 9.85. The number of nitrogens with one attached hydrogen (secondary N) is 1. The number of carbonyl (C=O) groups excluding carboxylic acids is 1. The van der Waals surface area contributed by atoms with Crippen LogP contribution in [0.2, 0.25) is 8.67 Å². The van der Waals surface area contributed by atoms with Gasteiger partial charge in [-0.3, -0.25) is 4.79 Å². The van der Waals surface area contributed by atoms with Crippen molar-refractivity contribution in [1.82, 2.24) is 5.32 Å². The summed E-state index contributed by atoms with van der Waals surface area (Å²) in [6.07, 6.45) is 0.505. The van der Waals surface area contributed by atoms with Gasteiger partial charge in [-0.25, -0.2) is 0 Å². The van der Waals surface area contributed by atoms with Crippen molar-refractivity contribution in [2.45, 2.75) is 33.2 Å². The maximum absolute atomic E-state index is 12.1. The quantitative estimate of drug-likeness (QED) is 0.893. The predicted octanol–water partition coefficient (Wildman–Crippen LogP) is 3.58. The van der Waals surface area contributed by atoms with Crippen LogP contribution in [0, 0.1) is 5.41 Å². The molecule has 0 saturated carbocycles. The number of hydrogen-bond acceptors (Lipinski definition) is 3. The van der Waals surface area contributed by atoms with Gasteiger partial charge in [-0.1, -0.05) is 44.0 Å². The third-order valence-electron chi connectivity index (χ3n) is 2.67. The summed E-state index contributed by atoms with van der Waals surface area (Å²) in [5.74, 6) is -0.253. The minimum Gasteiger partial charge on any atom is -0.396 e. The van der Waals surface area contributed by atoms with Crippen molar-refractivity contribution >= 4 is 40.4 Å². The first-order chi connectivity index (χ1) is 8.25. The molecule has 1 heterocycles. The Morgan fingerprint density at radius 3 is 2.50 bits per heavy atom. The zero-order valence-corrected chi connectivity index (χ0v) is 12.9. The van der Waals surface area contributed by atoms with Crippen LogP contribution < -0.4 is 5.32 Å². The van der Waals surface area contributed by atoms with Crippen molar-refractivity contribution in [3.05, 3.63) is 20.3 Å². The van der Waals surface area contributed by atoms with Gasteiger partial charge in [0.05, 0.1) is 9.90 Å². The molecule has 6 heteroatoms. The topological polar surface area (TPSA) is 49.3 Å². The Morgan fingerprint density at radius 2 is 2.11 bits per heavy atom. The van der Waals surface area contributed by atoms with Crippen LogP contribution in [0.3, 0.4) is 0 Å². The maximum Gasteiger partial charge on any atom is 0.253 e. The normalized spacial score (nSPS) is 13.4. The molecule has 1 unspecified atom stereocenters. The Kier molecular flexibility index (Phi) is 5.46. The molecule has 1 rings (SSSR count). The molecule has 0 spiro atoms.